The van der Waals surface area contributed by atoms with E-state index >= 15 is 0 Å². The van der Waals surface area contributed by atoms with Gasteiger partial charge in [0.2, 0.25) is 5.91 Å². The smallest absolute Gasteiger partial charge is 0.237 e. The van der Waals surface area contributed by atoms with E-state index in [1.807, 2.05) is 0 Å². The molecule has 0 bridgehead atoms. The zero-order chi connectivity index (χ0) is 13.5. The second-order valence-electron chi connectivity index (χ2n) is 5.63. The first-order valence-electron chi connectivity index (χ1n) is 7.56. The molecule has 5 heteroatoms. The molecule has 0 spiro atoms. The van der Waals surface area contributed by atoms with Gasteiger partial charge in [-0.05, 0) is 25.7 Å². The molecular weight excluding hydrogens is 244 g/mol. The minimum atomic E-state index is -0.384. The molecule has 0 unspecified atom stereocenters. The van der Waals surface area contributed by atoms with Crippen molar-refractivity contribution in [2.24, 2.45) is 0 Å². The van der Waals surface area contributed by atoms with Crippen molar-refractivity contribution in [2.45, 2.75) is 63.2 Å². The molecule has 1 amide bonds. The summed E-state index contributed by atoms with van der Waals surface area (Å²) in [6, 6.07) is -0.228. The lowest BCUT2D eigenvalue weighted by molar-refractivity contribution is -0.123. The predicted molar refractivity (Wildman–Crippen MR) is 72.9 cm³/mol. The highest BCUT2D eigenvalue weighted by Crippen LogP contribution is 2.20. The molecule has 19 heavy (non-hydrogen) atoms. The number of hydrogen-bond donors (Lipinski definition) is 3. The van der Waals surface area contributed by atoms with Crippen LogP contribution in [0.1, 0.15) is 44.9 Å². The molecule has 2 aliphatic rings. The van der Waals surface area contributed by atoms with E-state index in [0.29, 0.717) is 25.6 Å². The highest BCUT2D eigenvalue weighted by atomic mass is 16.5. The standard InChI is InChI=1S/C14H26N2O3/c17-11-9-13(16-10-11)14(18)15-7-4-8-19-12-5-2-1-3-6-12/h11-13,16-17H,1-10H2,(H,15,18)/t11-,13+/m0/s1. The van der Waals surface area contributed by atoms with Gasteiger partial charge in [0.1, 0.15) is 0 Å². The minimum absolute atomic E-state index is 0.00536. The first-order chi connectivity index (χ1) is 9.25. The van der Waals surface area contributed by atoms with Crippen LogP contribution < -0.4 is 10.6 Å². The van der Waals surface area contributed by atoms with E-state index in [1.54, 1.807) is 0 Å². The maximum atomic E-state index is 11.7. The summed E-state index contributed by atoms with van der Waals surface area (Å²) in [7, 11) is 0. The van der Waals surface area contributed by atoms with E-state index in [9.17, 15) is 9.90 Å². The Morgan fingerprint density at radius 2 is 2.11 bits per heavy atom. The third-order valence-corrected chi connectivity index (χ3v) is 3.95. The fourth-order valence-electron chi connectivity index (χ4n) is 2.81. The van der Waals surface area contributed by atoms with Gasteiger partial charge >= 0.3 is 0 Å². The van der Waals surface area contributed by atoms with Gasteiger partial charge in [0, 0.05) is 19.7 Å². The van der Waals surface area contributed by atoms with Crippen LogP contribution in [0.2, 0.25) is 0 Å². The van der Waals surface area contributed by atoms with Crippen molar-refractivity contribution in [3.05, 3.63) is 0 Å². The molecule has 0 aromatic carbocycles. The maximum Gasteiger partial charge on any atom is 0.237 e. The summed E-state index contributed by atoms with van der Waals surface area (Å²) in [5.74, 6) is -0.00536. The van der Waals surface area contributed by atoms with Crippen LogP contribution in [0.5, 0.6) is 0 Å². The molecule has 1 heterocycles. The van der Waals surface area contributed by atoms with Crippen LogP contribution in [-0.4, -0.2) is 49.0 Å². The van der Waals surface area contributed by atoms with Gasteiger partial charge in [-0.1, -0.05) is 19.3 Å². The van der Waals surface area contributed by atoms with Crippen molar-refractivity contribution in [3.8, 4) is 0 Å². The second kappa shape index (κ2) is 7.82. The zero-order valence-corrected chi connectivity index (χ0v) is 11.6. The fraction of sp³-hybridized carbons (Fsp3) is 0.929. The average Bonchev–Trinajstić information content (AvgIpc) is 2.86. The summed E-state index contributed by atoms with van der Waals surface area (Å²) in [4.78, 5) is 11.7. The van der Waals surface area contributed by atoms with Crippen molar-refractivity contribution >= 4 is 5.91 Å². The first kappa shape index (κ1) is 14.8. The van der Waals surface area contributed by atoms with Crippen molar-refractivity contribution in [2.75, 3.05) is 19.7 Å². The molecule has 0 radical (unpaired) electrons. The van der Waals surface area contributed by atoms with Gasteiger partial charge in [0.05, 0.1) is 18.2 Å². The number of aliphatic hydroxyl groups excluding tert-OH is 1. The van der Waals surface area contributed by atoms with Gasteiger partial charge in [0.15, 0.2) is 0 Å². The Morgan fingerprint density at radius 3 is 2.79 bits per heavy atom. The zero-order valence-electron chi connectivity index (χ0n) is 11.6. The number of rotatable bonds is 6. The Bertz CT molecular complexity index is 280. The first-order valence-corrected chi connectivity index (χ1v) is 7.56. The molecule has 3 N–H and O–H groups in total. The van der Waals surface area contributed by atoms with Gasteiger partial charge in [-0.3, -0.25) is 4.79 Å². The Morgan fingerprint density at radius 1 is 1.32 bits per heavy atom. The van der Waals surface area contributed by atoms with Crippen molar-refractivity contribution in [1.82, 2.24) is 10.6 Å². The molecule has 2 atom stereocenters. The van der Waals surface area contributed by atoms with Crippen molar-refractivity contribution in [1.29, 1.82) is 0 Å². The van der Waals surface area contributed by atoms with Gasteiger partial charge in [-0.2, -0.15) is 0 Å². The van der Waals surface area contributed by atoms with Gasteiger partial charge in [0.25, 0.3) is 0 Å². The summed E-state index contributed by atoms with van der Waals surface area (Å²) < 4.78 is 5.80. The lowest BCUT2D eigenvalue weighted by Gasteiger charge is -2.22. The van der Waals surface area contributed by atoms with Gasteiger partial charge in [-0.15, -0.1) is 0 Å². The van der Waals surface area contributed by atoms with Crippen LogP contribution in [0.4, 0.5) is 0 Å². The molecule has 5 nitrogen and oxygen atoms in total. The molecule has 1 saturated heterocycles. The van der Waals surface area contributed by atoms with Crippen LogP contribution in [0, 0.1) is 0 Å². The topological polar surface area (TPSA) is 70.6 Å². The average molecular weight is 270 g/mol. The monoisotopic (exact) mass is 270 g/mol. The molecule has 1 saturated carbocycles. The van der Waals surface area contributed by atoms with Crippen LogP contribution in [0.15, 0.2) is 0 Å². The number of carbonyl (C=O) groups excluding carboxylic acids is 1. The lowest BCUT2D eigenvalue weighted by Crippen LogP contribution is -2.41. The Labute approximate surface area is 115 Å². The predicted octanol–water partition coefficient (Wildman–Crippen LogP) is 0.565. The molecule has 2 fully saturated rings. The van der Waals surface area contributed by atoms with E-state index < -0.39 is 0 Å². The molecule has 0 aromatic rings. The molecule has 0 aromatic heterocycles. The molecule has 1 aliphatic heterocycles. The van der Waals surface area contributed by atoms with E-state index in [4.69, 9.17) is 4.74 Å². The van der Waals surface area contributed by atoms with Crippen LogP contribution >= 0.6 is 0 Å². The maximum absolute atomic E-state index is 11.7. The van der Waals surface area contributed by atoms with Crippen LogP contribution in [0.25, 0.3) is 0 Å². The second-order valence-corrected chi connectivity index (χ2v) is 5.63. The third kappa shape index (κ3) is 5.09. The SMILES string of the molecule is O=C(NCCCOC1CCCCC1)[C@H]1C[C@H](O)CN1. The third-order valence-electron chi connectivity index (χ3n) is 3.95. The molecule has 2 rings (SSSR count). The van der Waals surface area contributed by atoms with E-state index in [1.165, 1.54) is 32.1 Å². The van der Waals surface area contributed by atoms with Crippen LogP contribution in [-0.2, 0) is 9.53 Å². The summed E-state index contributed by atoms with van der Waals surface area (Å²) in [5.41, 5.74) is 0. The quantitative estimate of drug-likeness (QED) is 0.617. The Kier molecular flexibility index (Phi) is 6.07. The van der Waals surface area contributed by atoms with Crippen molar-refractivity contribution < 1.29 is 14.6 Å². The fourth-order valence-corrected chi connectivity index (χ4v) is 2.81. The largest absolute Gasteiger partial charge is 0.392 e. The highest BCUT2D eigenvalue weighted by Gasteiger charge is 2.27. The van der Waals surface area contributed by atoms with Crippen molar-refractivity contribution in [3.63, 3.8) is 0 Å². The van der Waals surface area contributed by atoms with Gasteiger partial charge in [-0.25, -0.2) is 0 Å². The number of ether oxygens (including phenoxy) is 1. The van der Waals surface area contributed by atoms with E-state index in [-0.39, 0.29) is 18.1 Å². The summed E-state index contributed by atoms with van der Waals surface area (Å²) in [5, 5.41) is 15.2. The Balaban J connectivity index is 1.48. The van der Waals surface area contributed by atoms with E-state index in [2.05, 4.69) is 10.6 Å². The summed E-state index contributed by atoms with van der Waals surface area (Å²) in [6.07, 6.45) is 7.74. The van der Waals surface area contributed by atoms with Crippen LogP contribution in [0.3, 0.4) is 0 Å². The number of amides is 1. The number of hydrogen-bond acceptors (Lipinski definition) is 4. The molecule has 1 aliphatic carbocycles. The molecule has 110 valence electrons. The number of carbonyl (C=O) groups is 1. The lowest BCUT2D eigenvalue weighted by atomic mass is 9.98. The Hall–Kier alpha value is -0.650. The van der Waals surface area contributed by atoms with E-state index in [0.717, 1.165) is 13.0 Å². The molecular formula is C14H26N2O3. The highest BCUT2D eigenvalue weighted by molar-refractivity contribution is 5.82. The minimum Gasteiger partial charge on any atom is -0.392 e. The summed E-state index contributed by atoms with van der Waals surface area (Å²) >= 11 is 0. The number of β-amino-alcohol motifs (C(OH)–C–C–N with tert-alkyl or cyclic N) is 1. The normalized spacial score (nSPS) is 28.5. The van der Waals surface area contributed by atoms with Gasteiger partial charge < -0.3 is 20.5 Å². The number of aliphatic hydroxyl groups is 1. The summed E-state index contributed by atoms with van der Waals surface area (Å²) in [6.45, 7) is 1.90. The number of nitrogens with one attached hydrogen (secondary N) is 2.